The Bertz CT molecular complexity index is 938. The van der Waals surface area contributed by atoms with Gasteiger partial charge < -0.3 is 14.2 Å². The Morgan fingerprint density at radius 2 is 0.655 bits per heavy atom. The molecule has 0 aromatic carbocycles. The summed E-state index contributed by atoms with van der Waals surface area (Å²) < 4.78 is 16.7. The molecule has 0 amide bonds. The fourth-order valence-electron chi connectivity index (χ4n) is 6.52. The highest BCUT2D eigenvalue weighted by atomic mass is 16.6. The first-order valence-electron chi connectivity index (χ1n) is 23.5. The molecule has 0 aliphatic carbocycles. The van der Waals surface area contributed by atoms with Gasteiger partial charge in [0.15, 0.2) is 6.10 Å². The molecular formula is C49H88O6. The Kier molecular flexibility index (Phi) is 42.4. The third-order valence-electron chi connectivity index (χ3n) is 10.1. The minimum Gasteiger partial charge on any atom is -0.462 e. The number of carbonyl (C=O) groups excluding carboxylic acids is 3. The number of esters is 3. The van der Waals surface area contributed by atoms with Crippen LogP contribution in [0, 0.1) is 0 Å². The Balaban J connectivity index is 4.38. The monoisotopic (exact) mass is 773 g/mol. The van der Waals surface area contributed by atoms with Crippen molar-refractivity contribution in [3.63, 3.8) is 0 Å². The lowest BCUT2D eigenvalue weighted by molar-refractivity contribution is -0.167. The zero-order chi connectivity index (χ0) is 40.1. The summed E-state index contributed by atoms with van der Waals surface area (Å²) in [6.45, 7) is 6.55. The van der Waals surface area contributed by atoms with Crippen molar-refractivity contribution in [3.8, 4) is 0 Å². The van der Waals surface area contributed by atoms with Gasteiger partial charge in [0.1, 0.15) is 13.2 Å². The molecule has 1 atom stereocenters. The van der Waals surface area contributed by atoms with Gasteiger partial charge >= 0.3 is 17.9 Å². The van der Waals surface area contributed by atoms with Crippen LogP contribution in [0.4, 0.5) is 0 Å². The van der Waals surface area contributed by atoms with Crippen LogP contribution < -0.4 is 0 Å². The zero-order valence-corrected chi connectivity index (χ0v) is 36.4. The van der Waals surface area contributed by atoms with Crippen molar-refractivity contribution in [3.05, 3.63) is 36.5 Å². The number of hydrogen-bond donors (Lipinski definition) is 0. The lowest BCUT2D eigenvalue weighted by atomic mass is 10.1. The van der Waals surface area contributed by atoms with Crippen molar-refractivity contribution in [2.45, 2.75) is 245 Å². The second-order valence-corrected chi connectivity index (χ2v) is 15.7. The number of hydrogen-bond acceptors (Lipinski definition) is 6. The lowest BCUT2D eigenvalue weighted by Gasteiger charge is -2.18. The van der Waals surface area contributed by atoms with E-state index in [-0.39, 0.29) is 31.1 Å². The van der Waals surface area contributed by atoms with Gasteiger partial charge in [0, 0.05) is 19.3 Å². The minimum absolute atomic E-state index is 0.0781. The third kappa shape index (κ3) is 42.6. The highest BCUT2D eigenvalue weighted by Gasteiger charge is 2.19. The topological polar surface area (TPSA) is 78.9 Å². The summed E-state index contributed by atoms with van der Waals surface area (Å²) in [4.78, 5) is 37.7. The maximum absolute atomic E-state index is 12.7. The molecule has 0 bridgehead atoms. The molecule has 0 saturated heterocycles. The maximum Gasteiger partial charge on any atom is 0.306 e. The van der Waals surface area contributed by atoms with E-state index in [1.54, 1.807) is 0 Å². The van der Waals surface area contributed by atoms with Crippen LogP contribution in [0.15, 0.2) is 36.5 Å². The third-order valence-corrected chi connectivity index (χ3v) is 10.1. The van der Waals surface area contributed by atoms with E-state index in [2.05, 4.69) is 57.2 Å². The van der Waals surface area contributed by atoms with Crippen molar-refractivity contribution in [2.75, 3.05) is 13.2 Å². The molecule has 6 nitrogen and oxygen atoms in total. The van der Waals surface area contributed by atoms with Gasteiger partial charge in [-0.3, -0.25) is 14.4 Å². The van der Waals surface area contributed by atoms with Crippen molar-refractivity contribution in [1.82, 2.24) is 0 Å². The number of ether oxygens (including phenoxy) is 3. The van der Waals surface area contributed by atoms with E-state index in [0.29, 0.717) is 19.3 Å². The number of rotatable bonds is 42. The molecule has 0 heterocycles. The number of carbonyl (C=O) groups is 3. The average molecular weight is 773 g/mol. The molecule has 320 valence electrons. The van der Waals surface area contributed by atoms with Crippen LogP contribution in [0.25, 0.3) is 0 Å². The molecule has 1 unspecified atom stereocenters. The summed E-state index contributed by atoms with van der Waals surface area (Å²) in [5, 5.41) is 0. The summed E-state index contributed by atoms with van der Waals surface area (Å²) in [5.74, 6) is -0.900. The standard InChI is InChI=1S/C49H88O6/c1-4-7-10-13-16-19-22-24-25-26-28-30-33-36-39-42-48(51)54-45-46(44-53-47(50)41-38-35-32-29-21-18-15-12-9-6-3)55-49(52)43-40-37-34-31-27-23-20-17-14-11-8-5-2/h16-17,19-20,24-25,46H,4-15,18,21-23,26-45H2,1-3H3/b19-16-,20-17-,25-24-. The summed E-state index contributed by atoms with van der Waals surface area (Å²) in [6, 6.07) is 0. The van der Waals surface area contributed by atoms with Crippen LogP contribution in [0.1, 0.15) is 239 Å². The van der Waals surface area contributed by atoms with Gasteiger partial charge in [-0.1, -0.05) is 179 Å². The first kappa shape index (κ1) is 52.6. The first-order valence-corrected chi connectivity index (χ1v) is 23.5. The van der Waals surface area contributed by atoms with Gasteiger partial charge in [0.2, 0.25) is 0 Å². The Morgan fingerprint density at radius 3 is 1.05 bits per heavy atom. The molecule has 0 spiro atoms. The van der Waals surface area contributed by atoms with Crippen molar-refractivity contribution >= 4 is 17.9 Å². The first-order chi connectivity index (χ1) is 27.0. The van der Waals surface area contributed by atoms with Gasteiger partial charge in [0.05, 0.1) is 0 Å². The summed E-state index contributed by atoms with van der Waals surface area (Å²) in [7, 11) is 0. The SMILES string of the molecule is CCCCC/C=C\C/C=C\CCCCCCCC(=O)OCC(COC(=O)CCCCCCCCCCCC)OC(=O)CCCCCCC/C=C\CCCCC. The van der Waals surface area contributed by atoms with E-state index in [1.807, 2.05) is 0 Å². The summed E-state index contributed by atoms with van der Waals surface area (Å²) >= 11 is 0. The largest absolute Gasteiger partial charge is 0.462 e. The van der Waals surface area contributed by atoms with Crippen LogP contribution in [-0.2, 0) is 28.6 Å². The molecule has 6 heteroatoms. The van der Waals surface area contributed by atoms with E-state index in [0.717, 1.165) is 89.9 Å². The van der Waals surface area contributed by atoms with Crippen molar-refractivity contribution in [1.29, 1.82) is 0 Å². The predicted octanol–water partition coefficient (Wildman–Crippen LogP) is 15.0. The number of unbranched alkanes of at least 4 members (excludes halogenated alkanes) is 25. The second kappa shape index (κ2) is 44.3. The molecule has 0 fully saturated rings. The quantitative estimate of drug-likeness (QED) is 0.0266. The Labute approximate surface area is 340 Å². The number of allylic oxidation sites excluding steroid dienone is 6. The van der Waals surface area contributed by atoms with Crippen LogP contribution in [-0.4, -0.2) is 37.2 Å². The van der Waals surface area contributed by atoms with E-state index >= 15 is 0 Å². The van der Waals surface area contributed by atoms with Gasteiger partial charge in [0.25, 0.3) is 0 Å². The molecule has 0 aliphatic heterocycles. The maximum atomic E-state index is 12.7. The fraction of sp³-hybridized carbons (Fsp3) is 0.816. The van der Waals surface area contributed by atoms with E-state index in [9.17, 15) is 14.4 Å². The molecular weight excluding hydrogens is 685 g/mol. The zero-order valence-electron chi connectivity index (χ0n) is 36.4. The molecule has 0 N–H and O–H groups in total. The van der Waals surface area contributed by atoms with Crippen LogP contribution in [0.2, 0.25) is 0 Å². The molecule has 0 saturated carbocycles. The molecule has 0 radical (unpaired) electrons. The fourth-order valence-corrected chi connectivity index (χ4v) is 6.52. The van der Waals surface area contributed by atoms with Gasteiger partial charge in [-0.05, 0) is 77.0 Å². The van der Waals surface area contributed by atoms with Crippen LogP contribution in [0.5, 0.6) is 0 Å². The summed E-state index contributed by atoms with van der Waals surface area (Å²) in [5.41, 5.74) is 0. The van der Waals surface area contributed by atoms with Crippen LogP contribution in [0.3, 0.4) is 0 Å². The molecule has 0 rings (SSSR count). The predicted molar refractivity (Wildman–Crippen MR) is 233 cm³/mol. The molecule has 0 aliphatic rings. The molecule has 0 aromatic heterocycles. The molecule has 55 heavy (non-hydrogen) atoms. The van der Waals surface area contributed by atoms with E-state index in [4.69, 9.17) is 14.2 Å². The van der Waals surface area contributed by atoms with Crippen LogP contribution >= 0.6 is 0 Å². The lowest BCUT2D eigenvalue weighted by Crippen LogP contribution is -2.30. The molecule has 0 aromatic rings. The van der Waals surface area contributed by atoms with Gasteiger partial charge in [-0.15, -0.1) is 0 Å². The Hall–Kier alpha value is -2.37. The van der Waals surface area contributed by atoms with Crippen molar-refractivity contribution < 1.29 is 28.6 Å². The average Bonchev–Trinajstić information content (AvgIpc) is 3.18. The second-order valence-electron chi connectivity index (χ2n) is 15.7. The normalized spacial score (nSPS) is 12.3. The highest BCUT2D eigenvalue weighted by molar-refractivity contribution is 5.71. The van der Waals surface area contributed by atoms with Crippen molar-refractivity contribution in [2.24, 2.45) is 0 Å². The smallest absolute Gasteiger partial charge is 0.306 e. The summed E-state index contributed by atoms with van der Waals surface area (Å²) in [6.07, 6.45) is 49.8. The van der Waals surface area contributed by atoms with E-state index < -0.39 is 6.10 Å². The van der Waals surface area contributed by atoms with Gasteiger partial charge in [-0.25, -0.2) is 0 Å². The van der Waals surface area contributed by atoms with E-state index in [1.165, 1.54) is 109 Å². The minimum atomic E-state index is -0.776. The highest BCUT2D eigenvalue weighted by Crippen LogP contribution is 2.14. The van der Waals surface area contributed by atoms with Gasteiger partial charge in [-0.2, -0.15) is 0 Å². The Morgan fingerprint density at radius 1 is 0.364 bits per heavy atom.